The number of fused-ring (bicyclic) bond motifs is 1. The Kier molecular flexibility index (Phi) is 3.90. The summed E-state index contributed by atoms with van der Waals surface area (Å²) in [7, 11) is 3.93. The van der Waals surface area contributed by atoms with E-state index in [0.29, 0.717) is 23.6 Å². The molecule has 0 amide bonds. The molecule has 6 nitrogen and oxygen atoms in total. The third-order valence-electron chi connectivity index (χ3n) is 3.72. The maximum absolute atomic E-state index is 6.15. The zero-order valence-corrected chi connectivity index (χ0v) is 14.0. The Labute approximate surface area is 136 Å². The van der Waals surface area contributed by atoms with E-state index in [4.69, 9.17) is 10.7 Å². The second kappa shape index (κ2) is 5.87. The summed E-state index contributed by atoms with van der Waals surface area (Å²) < 4.78 is 2.10. The first-order valence-corrected chi connectivity index (χ1v) is 7.73. The Morgan fingerprint density at radius 3 is 2.39 bits per heavy atom. The summed E-state index contributed by atoms with van der Waals surface area (Å²) in [6.07, 6.45) is 0.654. The largest absolute Gasteiger partial charge is 0.382 e. The van der Waals surface area contributed by atoms with E-state index in [2.05, 4.69) is 40.5 Å². The van der Waals surface area contributed by atoms with E-state index in [0.717, 1.165) is 17.2 Å². The number of aromatic nitrogens is 4. The molecule has 0 fully saturated rings. The third kappa shape index (κ3) is 2.84. The van der Waals surface area contributed by atoms with E-state index >= 15 is 0 Å². The van der Waals surface area contributed by atoms with Crippen molar-refractivity contribution in [3.63, 3.8) is 0 Å². The van der Waals surface area contributed by atoms with Crippen LogP contribution >= 0.6 is 0 Å². The number of hydrogen-bond donors (Lipinski definition) is 1. The van der Waals surface area contributed by atoms with Crippen molar-refractivity contribution in [3.8, 4) is 0 Å². The van der Waals surface area contributed by atoms with E-state index < -0.39 is 0 Å². The molecule has 0 radical (unpaired) electrons. The van der Waals surface area contributed by atoms with Crippen LogP contribution in [0.4, 0.5) is 11.8 Å². The number of anilines is 2. The molecule has 23 heavy (non-hydrogen) atoms. The van der Waals surface area contributed by atoms with Gasteiger partial charge in [-0.25, -0.2) is 15.0 Å². The lowest BCUT2D eigenvalue weighted by molar-refractivity contribution is 0.609. The van der Waals surface area contributed by atoms with Crippen molar-refractivity contribution >= 4 is 22.9 Å². The maximum atomic E-state index is 6.15. The average Bonchev–Trinajstić information content (AvgIpc) is 2.88. The molecule has 0 aliphatic carbocycles. The van der Waals surface area contributed by atoms with Crippen molar-refractivity contribution < 1.29 is 0 Å². The van der Waals surface area contributed by atoms with Gasteiger partial charge in [-0.3, -0.25) is 4.57 Å². The number of nitrogens with zero attached hydrogens (tertiary/aromatic N) is 5. The highest BCUT2D eigenvalue weighted by Crippen LogP contribution is 2.27. The summed E-state index contributed by atoms with van der Waals surface area (Å²) in [5, 5.41) is 0. The molecular formula is C17H22N6. The van der Waals surface area contributed by atoms with Gasteiger partial charge in [-0.1, -0.05) is 30.3 Å². The molecule has 0 saturated heterocycles. The van der Waals surface area contributed by atoms with Gasteiger partial charge in [-0.05, 0) is 19.4 Å². The molecule has 2 N–H and O–H groups in total. The predicted octanol–water partition coefficient (Wildman–Crippen LogP) is 2.65. The highest BCUT2D eigenvalue weighted by Gasteiger charge is 2.19. The van der Waals surface area contributed by atoms with Crippen LogP contribution in [0.1, 0.15) is 31.3 Å². The second-order valence-electron chi connectivity index (χ2n) is 6.13. The van der Waals surface area contributed by atoms with Crippen LogP contribution in [0.2, 0.25) is 0 Å². The first-order valence-electron chi connectivity index (χ1n) is 7.73. The summed E-state index contributed by atoms with van der Waals surface area (Å²) in [6, 6.07) is 10.4. The van der Waals surface area contributed by atoms with Gasteiger partial charge in [0, 0.05) is 26.6 Å². The van der Waals surface area contributed by atoms with Crippen LogP contribution in [-0.2, 0) is 6.42 Å². The molecule has 0 unspecified atom stereocenters. The first-order chi connectivity index (χ1) is 11.0. The number of benzene rings is 1. The molecule has 0 spiro atoms. The second-order valence-corrected chi connectivity index (χ2v) is 6.13. The van der Waals surface area contributed by atoms with Crippen LogP contribution in [0.25, 0.3) is 11.2 Å². The van der Waals surface area contributed by atoms with Crippen molar-refractivity contribution in [1.29, 1.82) is 0 Å². The molecular weight excluding hydrogens is 288 g/mol. The fraction of sp³-hybridized carbons (Fsp3) is 0.353. The highest BCUT2D eigenvalue weighted by molar-refractivity contribution is 5.84. The molecule has 2 aromatic heterocycles. The third-order valence-corrected chi connectivity index (χ3v) is 3.72. The maximum Gasteiger partial charge on any atom is 0.207 e. The van der Waals surface area contributed by atoms with Crippen molar-refractivity contribution in [2.24, 2.45) is 0 Å². The molecule has 3 aromatic rings. The van der Waals surface area contributed by atoms with Crippen LogP contribution in [0, 0.1) is 0 Å². The number of nitrogens with two attached hydrogens (primary N) is 1. The standard InChI is InChI=1S/C17H22N6/c1-11(2)23-16-14(21-17(23)22(3)4)15(18)19-13(20-16)10-12-8-6-5-7-9-12/h5-9,11H,10H2,1-4H3,(H2,18,19,20). The molecule has 2 heterocycles. The minimum absolute atomic E-state index is 0.233. The SMILES string of the molecule is CC(C)n1c(N(C)C)nc2c(N)nc(Cc3ccccc3)nc21. The van der Waals surface area contributed by atoms with E-state index in [1.165, 1.54) is 0 Å². The van der Waals surface area contributed by atoms with Crippen molar-refractivity contribution in [3.05, 3.63) is 41.7 Å². The van der Waals surface area contributed by atoms with Crippen LogP contribution in [0.3, 0.4) is 0 Å². The number of rotatable bonds is 4. The Morgan fingerprint density at radius 2 is 1.78 bits per heavy atom. The molecule has 3 rings (SSSR count). The zero-order chi connectivity index (χ0) is 16.6. The molecule has 0 bridgehead atoms. The molecule has 120 valence electrons. The normalized spacial score (nSPS) is 11.3. The van der Waals surface area contributed by atoms with E-state index in [1.807, 2.05) is 37.2 Å². The lowest BCUT2D eigenvalue weighted by Gasteiger charge is -2.17. The van der Waals surface area contributed by atoms with Gasteiger partial charge >= 0.3 is 0 Å². The minimum Gasteiger partial charge on any atom is -0.382 e. The van der Waals surface area contributed by atoms with Gasteiger partial charge in [0.1, 0.15) is 5.82 Å². The predicted molar refractivity (Wildman–Crippen MR) is 93.7 cm³/mol. The van der Waals surface area contributed by atoms with Crippen molar-refractivity contribution in [1.82, 2.24) is 19.5 Å². The summed E-state index contributed by atoms with van der Waals surface area (Å²) >= 11 is 0. The van der Waals surface area contributed by atoms with Crippen LogP contribution < -0.4 is 10.6 Å². The van der Waals surface area contributed by atoms with Gasteiger partial charge in [-0.15, -0.1) is 0 Å². The smallest absolute Gasteiger partial charge is 0.207 e. The van der Waals surface area contributed by atoms with Crippen molar-refractivity contribution in [2.45, 2.75) is 26.3 Å². The number of hydrogen-bond acceptors (Lipinski definition) is 5. The molecule has 6 heteroatoms. The molecule has 0 aliphatic heterocycles. The Bertz CT molecular complexity index is 820. The minimum atomic E-state index is 0.233. The van der Waals surface area contributed by atoms with Crippen molar-refractivity contribution in [2.75, 3.05) is 24.7 Å². The van der Waals surface area contributed by atoms with Crippen LogP contribution in [0.15, 0.2) is 30.3 Å². The Balaban J connectivity index is 2.14. The van der Waals surface area contributed by atoms with Gasteiger partial charge in [0.25, 0.3) is 0 Å². The fourth-order valence-electron chi connectivity index (χ4n) is 2.68. The van der Waals surface area contributed by atoms with Crippen LogP contribution in [-0.4, -0.2) is 33.6 Å². The van der Waals surface area contributed by atoms with Crippen LogP contribution in [0.5, 0.6) is 0 Å². The summed E-state index contributed by atoms with van der Waals surface area (Å²) in [6.45, 7) is 4.23. The first kappa shape index (κ1) is 15.3. The molecule has 0 atom stereocenters. The number of imidazole rings is 1. The quantitative estimate of drug-likeness (QED) is 0.802. The summed E-state index contributed by atoms with van der Waals surface area (Å²) in [5.74, 6) is 1.99. The van der Waals surface area contributed by atoms with Gasteiger partial charge in [0.05, 0.1) is 0 Å². The van der Waals surface area contributed by atoms with E-state index in [1.54, 1.807) is 0 Å². The fourth-order valence-corrected chi connectivity index (χ4v) is 2.68. The Morgan fingerprint density at radius 1 is 1.09 bits per heavy atom. The van der Waals surface area contributed by atoms with Gasteiger partial charge in [-0.2, -0.15) is 0 Å². The van der Waals surface area contributed by atoms with E-state index in [9.17, 15) is 0 Å². The number of nitrogen functional groups attached to an aromatic ring is 1. The van der Waals surface area contributed by atoms with E-state index in [-0.39, 0.29) is 6.04 Å². The topological polar surface area (TPSA) is 72.9 Å². The summed E-state index contributed by atoms with van der Waals surface area (Å²) in [5.41, 5.74) is 8.77. The lowest BCUT2D eigenvalue weighted by atomic mass is 10.1. The van der Waals surface area contributed by atoms with Gasteiger partial charge < -0.3 is 10.6 Å². The molecule has 1 aromatic carbocycles. The monoisotopic (exact) mass is 310 g/mol. The summed E-state index contributed by atoms with van der Waals surface area (Å²) in [4.78, 5) is 15.8. The highest BCUT2D eigenvalue weighted by atomic mass is 15.3. The molecule has 0 saturated carbocycles. The van der Waals surface area contributed by atoms with Gasteiger partial charge in [0.15, 0.2) is 17.0 Å². The molecule has 0 aliphatic rings. The average molecular weight is 310 g/mol. The van der Waals surface area contributed by atoms with Gasteiger partial charge in [0.2, 0.25) is 5.95 Å². The zero-order valence-electron chi connectivity index (χ0n) is 14.0. The lowest BCUT2D eigenvalue weighted by Crippen LogP contribution is -2.17. The Hall–Kier alpha value is -2.63.